The minimum Gasteiger partial charge on any atom is -0.380 e. The molecule has 0 bridgehead atoms. The number of halogens is 1. The molecule has 0 amide bonds. The Balaban J connectivity index is 2.51. The maximum atomic E-state index is 5.26. The van der Waals surface area contributed by atoms with E-state index in [9.17, 15) is 0 Å². The third-order valence-electron chi connectivity index (χ3n) is 1.81. The first kappa shape index (κ1) is 9.75. The Kier molecular flexibility index (Phi) is 4.33. The third-order valence-corrected chi connectivity index (χ3v) is 2.53. The SMILES string of the molecule is COC(CBr)Cc1ccccc1. The lowest BCUT2D eigenvalue weighted by atomic mass is 10.1. The van der Waals surface area contributed by atoms with E-state index in [-0.39, 0.29) is 6.10 Å². The van der Waals surface area contributed by atoms with Crippen LogP contribution in [-0.2, 0) is 11.2 Å². The zero-order chi connectivity index (χ0) is 8.81. The number of ether oxygens (including phenoxy) is 1. The van der Waals surface area contributed by atoms with Crippen molar-refractivity contribution >= 4 is 15.9 Å². The number of benzene rings is 1. The van der Waals surface area contributed by atoms with Crippen molar-refractivity contribution in [1.82, 2.24) is 0 Å². The first-order valence-electron chi connectivity index (χ1n) is 3.99. The van der Waals surface area contributed by atoms with Crippen LogP contribution in [0.4, 0.5) is 0 Å². The summed E-state index contributed by atoms with van der Waals surface area (Å²) in [6.45, 7) is 0. The van der Waals surface area contributed by atoms with Gasteiger partial charge in [0.2, 0.25) is 0 Å². The molecule has 66 valence electrons. The van der Waals surface area contributed by atoms with Gasteiger partial charge in [0.15, 0.2) is 0 Å². The van der Waals surface area contributed by atoms with Crippen molar-refractivity contribution in [2.45, 2.75) is 12.5 Å². The van der Waals surface area contributed by atoms with Crippen LogP contribution in [0.2, 0.25) is 0 Å². The lowest BCUT2D eigenvalue weighted by Gasteiger charge is -2.11. The maximum Gasteiger partial charge on any atom is 0.0708 e. The highest BCUT2D eigenvalue weighted by Crippen LogP contribution is 2.06. The first-order chi connectivity index (χ1) is 5.86. The van der Waals surface area contributed by atoms with Gasteiger partial charge in [-0.2, -0.15) is 0 Å². The molecule has 1 aromatic carbocycles. The molecule has 1 unspecified atom stereocenters. The first-order valence-corrected chi connectivity index (χ1v) is 5.11. The Labute approximate surface area is 81.9 Å². The number of rotatable bonds is 4. The van der Waals surface area contributed by atoms with Gasteiger partial charge in [-0.05, 0) is 12.0 Å². The Morgan fingerprint density at radius 1 is 1.33 bits per heavy atom. The van der Waals surface area contributed by atoms with E-state index in [1.54, 1.807) is 7.11 Å². The van der Waals surface area contributed by atoms with Crippen molar-refractivity contribution in [2.24, 2.45) is 0 Å². The lowest BCUT2D eigenvalue weighted by molar-refractivity contribution is 0.123. The maximum absolute atomic E-state index is 5.26. The Hall–Kier alpha value is -0.340. The number of hydrogen-bond acceptors (Lipinski definition) is 1. The van der Waals surface area contributed by atoms with Crippen LogP contribution in [0.3, 0.4) is 0 Å². The molecule has 0 aliphatic heterocycles. The predicted octanol–water partition coefficient (Wildman–Crippen LogP) is 2.64. The van der Waals surface area contributed by atoms with E-state index >= 15 is 0 Å². The van der Waals surface area contributed by atoms with Gasteiger partial charge in [-0.3, -0.25) is 0 Å². The summed E-state index contributed by atoms with van der Waals surface area (Å²) in [5, 5.41) is 0.887. The Bertz CT molecular complexity index is 206. The van der Waals surface area contributed by atoms with Crippen LogP contribution in [0.1, 0.15) is 5.56 Å². The molecule has 0 saturated heterocycles. The minimum atomic E-state index is 0.285. The number of alkyl halides is 1. The molecule has 0 fully saturated rings. The highest BCUT2D eigenvalue weighted by atomic mass is 79.9. The van der Waals surface area contributed by atoms with Gasteiger partial charge in [0.05, 0.1) is 6.10 Å². The van der Waals surface area contributed by atoms with Crippen LogP contribution in [0.15, 0.2) is 30.3 Å². The van der Waals surface area contributed by atoms with Crippen molar-refractivity contribution in [2.75, 3.05) is 12.4 Å². The topological polar surface area (TPSA) is 9.23 Å². The summed E-state index contributed by atoms with van der Waals surface area (Å²) >= 11 is 3.41. The van der Waals surface area contributed by atoms with E-state index < -0.39 is 0 Å². The molecule has 0 saturated carbocycles. The summed E-state index contributed by atoms with van der Waals surface area (Å²) in [6.07, 6.45) is 1.26. The molecule has 1 nitrogen and oxygen atoms in total. The van der Waals surface area contributed by atoms with Crippen molar-refractivity contribution in [3.05, 3.63) is 35.9 Å². The fourth-order valence-corrected chi connectivity index (χ4v) is 1.57. The monoisotopic (exact) mass is 228 g/mol. The van der Waals surface area contributed by atoms with Crippen LogP contribution < -0.4 is 0 Å². The molecule has 1 aromatic rings. The van der Waals surface area contributed by atoms with Gasteiger partial charge >= 0.3 is 0 Å². The number of methoxy groups -OCH3 is 1. The van der Waals surface area contributed by atoms with Crippen molar-refractivity contribution < 1.29 is 4.74 Å². The lowest BCUT2D eigenvalue weighted by Crippen LogP contribution is -2.15. The molecule has 0 radical (unpaired) electrons. The zero-order valence-corrected chi connectivity index (χ0v) is 8.75. The fourth-order valence-electron chi connectivity index (χ4n) is 1.08. The van der Waals surface area contributed by atoms with Gasteiger partial charge < -0.3 is 4.74 Å². The van der Waals surface area contributed by atoms with E-state index in [1.165, 1.54) is 5.56 Å². The summed E-state index contributed by atoms with van der Waals surface area (Å²) in [5.74, 6) is 0. The van der Waals surface area contributed by atoms with Gasteiger partial charge in [-0.25, -0.2) is 0 Å². The van der Waals surface area contributed by atoms with Crippen LogP contribution in [0.25, 0.3) is 0 Å². The molecule has 0 aliphatic carbocycles. The smallest absolute Gasteiger partial charge is 0.0708 e. The summed E-state index contributed by atoms with van der Waals surface area (Å²) in [5.41, 5.74) is 1.32. The second kappa shape index (κ2) is 5.33. The van der Waals surface area contributed by atoms with Gasteiger partial charge in [0.25, 0.3) is 0 Å². The molecular weight excluding hydrogens is 216 g/mol. The average molecular weight is 229 g/mol. The van der Waals surface area contributed by atoms with E-state index in [4.69, 9.17) is 4.74 Å². The molecule has 0 aromatic heterocycles. The van der Waals surface area contributed by atoms with E-state index in [1.807, 2.05) is 6.07 Å². The molecular formula is C10H13BrO. The fraction of sp³-hybridized carbons (Fsp3) is 0.400. The van der Waals surface area contributed by atoms with Crippen LogP contribution in [0, 0.1) is 0 Å². The van der Waals surface area contributed by atoms with Crippen molar-refractivity contribution in [3.8, 4) is 0 Å². The number of hydrogen-bond donors (Lipinski definition) is 0. The highest BCUT2D eigenvalue weighted by Gasteiger charge is 2.04. The normalized spacial score (nSPS) is 12.8. The van der Waals surface area contributed by atoms with Crippen molar-refractivity contribution in [3.63, 3.8) is 0 Å². The molecule has 0 N–H and O–H groups in total. The molecule has 0 heterocycles. The van der Waals surface area contributed by atoms with Crippen LogP contribution in [-0.4, -0.2) is 18.5 Å². The van der Waals surface area contributed by atoms with Gasteiger partial charge in [-0.15, -0.1) is 0 Å². The third kappa shape index (κ3) is 2.95. The second-order valence-electron chi connectivity index (χ2n) is 2.70. The quantitative estimate of drug-likeness (QED) is 0.721. The molecule has 2 heteroatoms. The second-order valence-corrected chi connectivity index (χ2v) is 3.35. The van der Waals surface area contributed by atoms with Gasteiger partial charge in [0.1, 0.15) is 0 Å². The largest absolute Gasteiger partial charge is 0.380 e. The average Bonchev–Trinajstić information content (AvgIpc) is 2.16. The van der Waals surface area contributed by atoms with Gasteiger partial charge in [-0.1, -0.05) is 46.3 Å². The van der Waals surface area contributed by atoms with Gasteiger partial charge in [0, 0.05) is 12.4 Å². The van der Waals surface area contributed by atoms with E-state index in [0.29, 0.717) is 0 Å². The molecule has 1 atom stereocenters. The highest BCUT2D eigenvalue weighted by molar-refractivity contribution is 9.09. The van der Waals surface area contributed by atoms with Crippen LogP contribution in [0.5, 0.6) is 0 Å². The molecule has 0 aliphatic rings. The van der Waals surface area contributed by atoms with E-state index in [0.717, 1.165) is 11.8 Å². The standard InChI is InChI=1S/C10H13BrO/c1-12-10(8-11)7-9-5-3-2-4-6-9/h2-6,10H,7-8H2,1H3. The molecule has 0 spiro atoms. The summed E-state index contributed by atoms with van der Waals surface area (Å²) in [4.78, 5) is 0. The summed E-state index contributed by atoms with van der Waals surface area (Å²) < 4.78 is 5.26. The van der Waals surface area contributed by atoms with E-state index in [2.05, 4.69) is 40.2 Å². The molecule has 1 rings (SSSR count). The summed E-state index contributed by atoms with van der Waals surface area (Å²) in [7, 11) is 1.74. The zero-order valence-electron chi connectivity index (χ0n) is 7.16. The Morgan fingerprint density at radius 2 is 2.00 bits per heavy atom. The minimum absolute atomic E-state index is 0.285. The predicted molar refractivity (Wildman–Crippen MR) is 54.7 cm³/mol. The van der Waals surface area contributed by atoms with Crippen molar-refractivity contribution in [1.29, 1.82) is 0 Å². The molecule has 12 heavy (non-hydrogen) atoms. The summed E-state index contributed by atoms with van der Waals surface area (Å²) in [6, 6.07) is 10.4. The Morgan fingerprint density at radius 3 is 2.50 bits per heavy atom. The van der Waals surface area contributed by atoms with Crippen LogP contribution >= 0.6 is 15.9 Å².